The predicted octanol–water partition coefficient (Wildman–Crippen LogP) is 3.02. The number of nitrogens with one attached hydrogen (secondary N) is 1. The van der Waals surface area contributed by atoms with Crippen molar-refractivity contribution >= 4 is 45.8 Å². The van der Waals surface area contributed by atoms with E-state index in [0.717, 1.165) is 10.9 Å². The molecule has 0 aliphatic rings. The van der Waals surface area contributed by atoms with E-state index in [1.54, 1.807) is 17.4 Å². The van der Waals surface area contributed by atoms with Crippen LogP contribution in [0.5, 0.6) is 0 Å². The van der Waals surface area contributed by atoms with Crippen molar-refractivity contribution in [3.05, 3.63) is 67.7 Å². The molecule has 8 heteroatoms. The molecule has 6 nitrogen and oxygen atoms in total. The molecule has 0 atom stereocenters. The summed E-state index contributed by atoms with van der Waals surface area (Å²) in [6.07, 6.45) is 0.708. The molecule has 0 spiro atoms. The molecule has 0 saturated heterocycles. The third-order valence-electron chi connectivity index (χ3n) is 3.50. The van der Waals surface area contributed by atoms with Gasteiger partial charge in [0.1, 0.15) is 5.58 Å². The van der Waals surface area contributed by atoms with Gasteiger partial charge in [-0.2, -0.15) is 0 Å². The lowest BCUT2D eigenvalue weighted by atomic mass is 10.2. The predicted molar refractivity (Wildman–Crippen MR) is 98.8 cm³/mol. The summed E-state index contributed by atoms with van der Waals surface area (Å²) in [7, 11) is 0. The van der Waals surface area contributed by atoms with Crippen LogP contribution in [0.3, 0.4) is 0 Å². The Labute approximate surface area is 157 Å². The third kappa shape index (κ3) is 4.50. The van der Waals surface area contributed by atoms with Crippen LogP contribution >= 0.6 is 22.9 Å². The van der Waals surface area contributed by atoms with Crippen molar-refractivity contribution in [2.45, 2.75) is 6.42 Å². The topological polar surface area (TPSA) is 85.6 Å². The minimum atomic E-state index is -0.882. The number of esters is 1. The number of ether oxygens (including phenoxy) is 1. The van der Waals surface area contributed by atoms with E-state index in [0.29, 0.717) is 18.0 Å². The second-order valence-corrected chi connectivity index (χ2v) is 6.84. The highest BCUT2D eigenvalue weighted by molar-refractivity contribution is 7.09. The summed E-state index contributed by atoms with van der Waals surface area (Å²) in [5, 5.41) is 5.27. The van der Waals surface area contributed by atoms with Gasteiger partial charge in [0.2, 0.25) is 5.76 Å². The van der Waals surface area contributed by atoms with E-state index in [1.807, 2.05) is 17.5 Å². The Bertz CT molecular complexity index is 996. The van der Waals surface area contributed by atoms with Crippen LogP contribution in [0.2, 0.25) is 5.02 Å². The van der Waals surface area contributed by atoms with Crippen molar-refractivity contribution < 1.29 is 18.7 Å². The molecule has 0 aliphatic heterocycles. The first kappa shape index (κ1) is 18.2. The number of hydrogen-bond donors (Lipinski definition) is 1. The number of carbonyl (C=O) groups is 2. The average Bonchev–Trinajstić information content (AvgIpc) is 3.13. The summed E-state index contributed by atoms with van der Waals surface area (Å²) in [4.78, 5) is 36.9. The van der Waals surface area contributed by atoms with E-state index in [9.17, 15) is 14.4 Å². The number of benzene rings is 1. The molecule has 0 radical (unpaired) electrons. The van der Waals surface area contributed by atoms with Crippen LogP contribution in [-0.2, 0) is 16.0 Å². The Hall–Kier alpha value is -2.64. The van der Waals surface area contributed by atoms with Crippen LogP contribution in [-0.4, -0.2) is 25.0 Å². The van der Waals surface area contributed by atoms with Gasteiger partial charge in [-0.15, -0.1) is 11.3 Å². The maximum Gasteiger partial charge on any atom is 0.374 e. The molecule has 1 amide bonds. The zero-order chi connectivity index (χ0) is 18.5. The Morgan fingerprint density at radius 1 is 1.23 bits per heavy atom. The Balaban J connectivity index is 1.56. The van der Waals surface area contributed by atoms with E-state index in [4.69, 9.17) is 20.8 Å². The van der Waals surface area contributed by atoms with Crippen LogP contribution in [0.4, 0.5) is 0 Å². The van der Waals surface area contributed by atoms with Crippen molar-refractivity contribution in [2.24, 2.45) is 0 Å². The summed E-state index contributed by atoms with van der Waals surface area (Å²) < 4.78 is 10.3. The molecule has 1 aromatic carbocycles. The SMILES string of the molecule is O=C(COC(=O)c1cc(=O)c2cc(Cl)ccc2o1)NCCc1cccs1. The van der Waals surface area contributed by atoms with Crippen LogP contribution in [0.1, 0.15) is 15.4 Å². The van der Waals surface area contributed by atoms with Gasteiger partial charge >= 0.3 is 5.97 Å². The molecule has 0 saturated carbocycles. The molecule has 2 aromatic heterocycles. The minimum absolute atomic E-state index is 0.217. The molecule has 0 bridgehead atoms. The number of rotatable bonds is 6. The van der Waals surface area contributed by atoms with Gasteiger partial charge in [0.25, 0.3) is 5.91 Å². The Morgan fingerprint density at radius 3 is 2.85 bits per heavy atom. The highest BCUT2D eigenvalue weighted by atomic mass is 35.5. The monoisotopic (exact) mass is 391 g/mol. The molecule has 2 heterocycles. The second kappa shape index (κ2) is 8.16. The number of carbonyl (C=O) groups excluding carboxylic acids is 2. The molecule has 0 aliphatic carbocycles. The van der Waals surface area contributed by atoms with Gasteiger partial charge in [-0.05, 0) is 36.1 Å². The fourth-order valence-electron chi connectivity index (χ4n) is 2.26. The molecular weight excluding hydrogens is 378 g/mol. The fourth-order valence-corrected chi connectivity index (χ4v) is 3.14. The Kier molecular flexibility index (Phi) is 5.70. The number of amides is 1. The van der Waals surface area contributed by atoms with Crippen molar-refractivity contribution in [1.29, 1.82) is 0 Å². The van der Waals surface area contributed by atoms with Gasteiger partial charge in [0, 0.05) is 22.5 Å². The first-order valence-electron chi connectivity index (χ1n) is 7.72. The number of halogens is 1. The summed E-state index contributed by atoms with van der Waals surface area (Å²) in [6.45, 7) is -0.00560. The van der Waals surface area contributed by atoms with Gasteiger partial charge in [0.15, 0.2) is 12.0 Å². The highest BCUT2D eigenvalue weighted by Crippen LogP contribution is 2.18. The molecule has 134 valence electrons. The van der Waals surface area contributed by atoms with Gasteiger partial charge in [-0.25, -0.2) is 4.79 Å². The lowest BCUT2D eigenvalue weighted by molar-refractivity contribution is -0.124. The number of thiophene rings is 1. The smallest absolute Gasteiger partial charge is 0.374 e. The number of hydrogen-bond acceptors (Lipinski definition) is 6. The van der Waals surface area contributed by atoms with Crippen LogP contribution in [0.15, 0.2) is 51.0 Å². The van der Waals surface area contributed by atoms with Gasteiger partial charge in [-0.3, -0.25) is 9.59 Å². The lowest BCUT2D eigenvalue weighted by Gasteiger charge is -2.06. The van der Waals surface area contributed by atoms with Crippen molar-refractivity contribution in [3.63, 3.8) is 0 Å². The maximum atomic E-state index is 12.0. The summed E-state index contributed by atoms with van der Waals surface area (Å²) in [5.41, 5.74) is -0.199. The van der Waals surface area contributed by atoms with Crippen LogP contribution in [0.25, 0.3) is 11.0 Å². The van der Waals surface area contributed by atoms with E-state index in [1.165, 1.54) is 12.1 Å². The first-order chi connectivity index (χ1) is 12.5. The molecular formula is C18H14ClNO5S. The normalized spacial score (nSPS) is 10.7. The van der Waals surface area contributed by atoms with Crippen molar-refractivity contribution in [2.75, 3.05) is 13.2 Å². The maximum absolute atomic E-state index is 12.0. The van der Waals surface area contributed by atoms with E-state index in [-0.39, 0.29) is 16.7 Å². The summed E-state index contributed by atoms with van der Waals surface area (Å²) >= 11 is 7.44. The largest absolute Gasteiger partial charge is 0.450 e. The van der Waals surface area contributed by atoms with Crippen molar-refractivity contribution in [1.82, 2.24) is 5.32 Å². The van der Waals surface area contributed by atoms with E-state index < -0.39 is 23.9 Å². The van der Waals surface area contributed by atoms with E-state index >= 15 is 0 Å². The molecule has 3 aromatic rings. The first-order valence-corrected chi connectivity index (χ1v) is 8.98. The van der Waals surface area contributed by atoms with Crippen LogP contribution < -0.4 is 10.7 Å². The van der Waals surface area contributed by atoms with E-state index in [2.05, 4.69) is 5.32 Å². The van der Waals surface area contributed by atoms with Gasteiger partial charge < -0.3 is 14.5 Å². The minimum Gasteiger partial charge on any atom is -0.450 e. The molecule has 0 fully saturated rings. The molecule has 3 rings (SSSR count). The second-order valence-electron chi connectivity index (χ2n) is 5.37. The molecule has 26 heavy (non-hydrogen) atoms. The zero-order valence-corrected chi connectivity index (χ0v) is 15.1. The highest BCUT2D eigenvalue weighted by Gasteiger charge is 2.15. The third-order valence-corrected chi connectivity index (χ3v) is 4.67. The molecule has 0 unspecified atom stereocenters. The van der Waals surface area contributed by atoms with Gasteiger partial charge in [0.05, 0.1) is 5.39 Å². The Morgan fingerprint density at radius 2 is 2.08 bits per heavy atom. The quantitative estimate of drug-likeness (QED) is 0.653. The van der Waals surface area contributed by atoms with Crippen LogP contribution in [0, 0.1) is 0 Å². The van der Waals surface area contributed by atoms with Gasteiger partial charge in [-0.1, -0.05) is 17.7 Å². The van der Waals surface area contributed by atoms with Crippen molar-refractivity contribution in [3.8, 4) is 0 Å². The number of fused-ring (bicyclic) bond motifs is 1. The summed E-state index contributed by atoms with van der Waals surface area (Å²) in [6, 6.07) is 9.44. The zero-order valence-electron chi connectivity index (χ0n) is 13.5. The average molecular weight is 392 g/mol. The summed E-state index contributed by atoms with van der Waals surface area (Å²) in [5.74, 6) is -1.58. The molecule has 1 N–H and O–H groups in total. The fraction of sp³-hybridized carbons (Fsp3) is 0.167. The standard InChI is InChI=1S/C18H14ClNO5S/c19-11-3-4-15-13(8-11)14(21)9-16(25-15)18(23)24-10-17(22)20-6-5-12-2-1-7-26-12/h1-4,7-9H,5-6,10H2,(H,20,22). The lowest BCUT2D eigenvalue weighted by Crippen LogP contribution is -2.30.